The minimum absolute atomic E-state index is 0.778. The lowest BCUT2D eigenvalue weighted by molar-refractivity contribution is 0.122. The van der Waals surface area contributed by atoms with Gasteiger partial charge in [0.05, 0.1) is 24.1 Å². The fourth-order valence-electron chi connectivity index (χ4n) is 2.67. The molecule has 2 aromatic heterocycles. The second kappa shape index (κ2) is 5.05. The normalized spacial score (nSPS) is 18.5. The summed E-state index contributed by atoms with van der Waals surface area (Å²) >= 11 is 0. The molecule has 100 valence electrons. The van der Waals surface area contributed by atoms with Crippen molar-refractivity contribution >= 4 is 28.9 Å². The molecule has 0 bridgehead atoms. The quantitative estimate of drug-likeness (QED) is 0.828. The first-order valence-electron chi connectivity index (χ1n) is 6.77. The molecule has 3 rings (SSSR count). The van der Waals surface area contributed by atoms with Crippen LogP contribution >= 0.6 is 0 Å². The molecule has 0 aliphatic carbocycles. The van der Waals surface area contributed by atoms with E-state index in [4.69, 9.17) is 9.72 Å². The van der Waals surface area contributed by atoms with Crippen molar-refractivity contribution in [2.24, 2.45) is 0 Å². The molecule has 2 aromatic rings. The molecule has 4 nitrogen and oxygen atoms in total. The van der Waals surface area contributed by atoms with E-state index in [1.54, 1.807) is 0 Å². The van der Waals surface area contributed by atoms with Crippen LogP contribution in [0.5, 0.6) is 0 Å². The molecule has 1 aliphatic heterocycles. The van der Waals surface area contributed by atoms with Gasteiger partial charge in [-0.25, -0.2) is 4.98 Å². The predicted octanol–water partition coefficient (Wildman–Crippen LogP) is 1.00. The summed E-state index contributed by atoms with van der Waals surface area (Å²) < 4.78 is 5.42. The minimum atomic E-state index is 0.778. The Kier molecular flexibility index (Phi) is 3.25. The maximum absolute atomic E-state index is 5.42. The highest BCUT2D eigenvalue weighted by atomic mass is 16.5. The van der Waals surface area contributed by atoms with E-state index in [1.807, 2.05) is 13.1 Å². The van der Waals surface area contributed by atoms with Gasteiger partial charge in [-0.2, -0.15) is 0 Å². The van der Waals surface area contributed by atoms with Crippen LogP contribution in [-0.2, 0) is 4.74 Å². The molecule has 0 aromatic carbocycles. The third-order valence-corrected chi connectivity index (χ3v) is 3.63. The fourth-order valence-corrected chi connectivity index (χ4v) is 2.67. The maximum atomic E-state index is 5.42. The van der Waals surface area contributed by atoms with Gasteiger partial charge in [0.15, 0.2) is 0 Å². The SMILES string of the molecule is CC=c1nc(N2CCOCC2)c2cc[nH]c2c1=CC. The summed E-state index contributed by atoms with van der Waals surface area (Å²) in [5.41, 5.74) is 1.17. The zero-order chi connectivity index (χ0) is 13.2. The van der Waals surface area contributed by atoms with Gasteiger partial charge in [0.2, 0.25) is 0 Å². The predicted molar refractivity (Wildman–Crippen MR) is 78.7 cm³/mol. The minimum Gasteiger partial charge on any atom is -0.378 e. The zero-order valence-electron chi connectivity index (χ0n) is 11.4. The number of nitrogens with zero attached hydrogens (tertiary/aromatic N) is 2. The van der Waals surface area contributed by atoms with Crippen LogP contribution in [0.1, 0.15) is 13.8 Å². The van der Waals surface area contributed by atoms with Gasteiger partial charge in [0.1, 0.15) is 5.82 Å². The Labute approximate surface area is 112 Å². The Hall–Kier alpha value is -1.81. The largest absolute Gasteiger partial charge is 0.378 e. The summed E-state index contributed by atoms with van der Waals surface area (Å²) in [5.74, 6) is 1.07. The van der Waals surface area contributed by atoms with Gasteiger partial charge in [-0.3, -0.25) is 0 Å². The van der Waals surface area contributed by atoms with Crippen LogP contribution in [0.25, 0.3) is 23.1 Å². The molecule has 0 unspecified atom stereocenters. The Bertz CT molecular complexity index is 696. The number of aromatic nitrogens is 2. The fraction of sp³-hybridized carbons (Fsp3) is 0.400. The number of fused-ring (bicyclic) bond motifs is 1. The number of anilines is 1. The van der Waals surface area contributed by atoms with E-state index < -0.39 is 0 Å². The number of hydrogen-bond acceptors (Lipinski definition) is 3. The van der Waals surface area contributed by atoms with E-state index in [0.29, 0.717) is 0 Å². The Morgan fingerprint density at radius 1 is 1.26 bits per heavy atom. The first kappa shape index (κ1) is 12.2. The molecule has 1 saturated heterocycles. The summed E-state index contributed by atoms with van der Waals surface area (Å²) in [4.78, 5) is 10.5. The van der Waals surface area contributed by atoms with Crippen molar-refractivity contribution in [2.45, 2.75) is 13.8 Å². The van der Waals surface area contributed by atoms with E-state index in [-0.39, 0.29) is 0 Å². The first-order valence-corrected chi connectivity index (χ1v) is 6.77. The molecular weight excluding hydrogens is 238 g/mol. The molecule has 0 amide bonds. The van der Waals surface area contributed by atoms with E-state index >= 15 is 0 Å². The van der Waals surface area contributed by atoms with Gasteiger partial charge in [-0.15, -0.1) is 0 Å². The standard InChI is InChI=1S/C15H19N3O/c1-3-11-13(4-2)17-15(12-5-6-16-14(11)12)18-7-9-19-10-8-18/h3-6,16H,7-10H2,1-2H3. The smallest absolute Gasteiger partial charge is 0.138 e. The summed E-state index contributed by atoms with van der Waals surface area (Å²) in [5, 5.41) is 3.42. The lowest BCUT2D eigenvalue weighted by Gasteiger charge is -2.28. The zero-order valence-corrected chi connectivity index (χ0v) is 11.4. The van der Waals surface area contributed by atoms with Gasteiger partial charge < -0.3 is 14.6 Å². The van der Waals surface area contributed by atoms with Crippen LogP contribution in [0.15, 0.2) is 12.3 Å². The number of aromatic amines is 1. The lowest BCUT2D eigenvalue weighted by atomic mass is 10.2. The lowest BCUT2D eigenvalue weighted by Crippen LogP contribution is -2.39. The topological polar surface area (TPSA) is 41.2 Å². The monoisotopic (exact) mass is 257 g/mol. The van der Waals surface area contributed by atoms with Crippen molar-refractivity contribution < 1.29 is 4.74 Å². The molecule has 0 atom stereocenters. The van der Waals surface area contributed by atoms with Crippen molar-refractivity contribution in [3.8, 4) is 0 Å². The summed E-state index contributed by atoms with van der Waals surface area (Å²) in [6.45, 7) is 7.46. The third kappa shape index (κ3) is 2.02. The van der Waals surface area contributed by atoms with Crippen molar-refractivity contribution in [1.29, 1.82) is 0 Å². The summed E-state index contributed by atoms with van der Waals surface area (Å²) in [7, 11) is 0. The molecule has 1 N–H and O–H groups in total. The van der Waals surface area contributed by atoms with Gasteiger partial charge in [0, 0.05) is 29.9 Å². The molecule has 19 heavy (non-hydrogen) atoms. The van der Waals surface area contributed by atoms with Crippen LogP contribution in [0.4, 0.5) is 5.82 Å². The van der Waals surface area contributed by atoms with E-state index in [0.717, 1.165) is 37.5 Å². The Morgan fingerprint density at radius 2 is 2.05 bits per heavy atom. The maximum Gasteiger partial charge on any atom is 0.138 e. The second-order valence-corrected chi connectivity index (χ2v) is 4.68. The van der Waals surface area contributed by atoms with Crippen LogP contribution in [-0.4, -0.2) is 36.3 Å². The van der Waals surface area contributed by atoms with Gasteiger partial charge in [-0.1, -0.05) is 12.2 Å². The number of ether oxygens (including phenoxy) is 1. The van der Waals surface area contributed by atoms with Crippen LogP contribution < -0.4 is 15.5 Å². The van der Waals surface area contributed by atoms with Crippen LogP contribution in [0.3, 0.4) is 0 Å². The Balaban J connectivity index is 2.28. The highest BCUT2D eigenvalue weighted by Crippen LogP contribution is 2.21. The van der Waals surface area contributed by atoms with E-state index in [9.17, 15) is 0 Å². The Morgan fingerprint density at radius 3 is 2.74 bits per heavy atom. The average Bonchev–Trinajstić information content (AvgIpc) is 2.95. The highest BCUT2D eigenvalue weighted by molar-refractivity contribution is 5.91. The van der Waals surface area contributed by atoms with Gasteiger partial charge >= 0.3 is 0 Å². The molecule has 0 radical (unpaired) electrons. The average molecular weight is 257 g/mol. The molecule has 4 heteroatoms. The second-order valence-electron chi connectivity index (χ2n) is 4.68. The van der Waals surface area contributed by atoms with Gasteiger partial charge in [-0.05, 0) is 19.9 Å². The van der Waals surface area contributed by atoms with Crippen molar-refractivity contribution in [1.82, 2.24) is 9.97 Å². The van der Waals surface area contributed by atoms with Crippen molar-refractivity contribution in [3.63, 3.8) is 0 Å². The first-order chi connectivity index (χ1) is 9.35. The number of nitrogens with one attached hydrogen (secondary N) is 1. The van der Waals surface area contributed by atoms with Crippen molar-refractivity contribution in [2.75, 3.05) is 31.2 Å². The summed E-state index contributed by atoms with van der Waals surface area (Å²) in [6, 6.07) is 2.11. The number of hydrogen-bond donors (Lipinski definition) is 1. The molecule has 3 heterocycles. The molecule has 0 spiro atoms. The number of H-pyrrole nitrogens is 1. The van der Waals surface area contributed by atoms with E-state index in [2.05, 4.69) is 35.0 Å². The number of rotatable bonds is 1. The van der Waals surface area contributed by atoms with Crippen molar-refractivity contribution in [3.05, 3.63) is 22.8 Å². The molecular formula is C15H19N3O. The highest BCUT2D eigenvalue weighted by Gasteiger charge is 2.16. The van der Waals surface area contributed by atoms with E-state index in [1.165, 1.54) is 16.1 Å². The number of morpholine rings is 1. The molecule has 1 aliphatic rings. The third-order valence-electron chi connectivity index (χ3n) is 3.63. The number of pyridine rings is 1. The van der Waals surface area contributed by atoms with Crippen LogP contribution in [0, 0.1) is 0 Å². The van der Waals surface area contributed by atoms with Crippen LogP contribution in [0.2, 0.25) is 0 Å². The van der Waals surface area contributed by atoms with Gasteiger partial charge in [0.25, 0.3) is 0 Å². The molecule has 1 fully saturated rings. The summed E-state index contributed by atoms with van der Waals surface area (Å²) in [6.07, 6.45) is 6.17. The molecule has 0 saturated carbocycles.